The molecule has 4 aliphatic rings. The molecule has 2 aliphatic heterocycles. The number of aromatic nitrogens is 2. The van der Waals surface area contributed by atoms with Crippen LogP contribution in [-0.2, 0) is 26.3 Å². The molecule has 6 atom stereocenters. The number of fused-ring (bicyclic) bond motifs is 7. The molecule has 2 N–H and O–H groups in total. The Bertz CT molecular complexity index is 1900. The van der Waals surface area contributed by atoms with E-state index in [1.807, 2.05) is 24.9 Å². The third-order valence-electron chi connectivity index (χ3n) is 12.3. The van der Waals surface area contributed by atoms with E-state index in [9.17, 15) is 18.0 Å². The quantitative estimate of drug-likeness (QED) is 0.304. The molecule has 2 saturated carbocycles. The van der Waals surface area contributed by atoms with E-state index >= 15 is 0 Å². The van der Waals surface area contributed by atoms with Crippen LogP contribution < -0.4 is 9.46 Å². The minimum atomic E-state index is -4.03. The van der Waals surface area contributed by atoms with Crippen LogP contribution in [0.5, 0.6) is 5.75 Å². The summed E-state index contributed by atoms with van der Waals surface area (Å²) < 4.78 is 43.3. The van der Waals surface area contributed by atoms with E-state index in [0.29, 0.717) is 32.0 Å². The first-order valence-electron chi connectivity index (χ1n) is 18.9. The molecular weight excluding hydrogens is 667 g/mol. The highest BCUT2D eigenvalue weighted by molar-refractivity contribution is 7.87. The second-order valence-corrected chi connectivity index (χ2v) is 18.0. The zero-order valence-corrected chi connectivity index (χ0v) is 32.0. The van der Waals surface area contributed by atoms with Crippen LogP contribution in [0.2, 0.25) is 0 Å². The van der Waals surface area contributed by atoms with Gasteiger partial charge in [0.2, 0.25) is 5.91 Å². The number of rotatable bonds is 7. The molecule has 0 radical (unpaired) electrons. The van der Waals surface area contributed by atoms with Crippen LogP contribution in [0.4, 0.5) is 0 Å². The van der Waals surface area contributed by atoms with Gasteiger partial charge in [-0.25, -0.2) is 4.72 Å². The van der Waals surface area contributed by atoms with Gasteiger partial charge in [0, 0.05) is 61.9 Å². The number of carbonyl (C=O) groups is 2. The average Bonchev–Trinajstić information content (AvgIpc) is 3.66. The summed E-state index contributed by atoms with van der Waals surface area (Å²) in [5.41, 5.74) is 5.68. The van der Waals surface area contributed by atoms with Crippen LogP contribution in [0.25, 0.3) is 10.9 Å². The second-order valence-electron chi connectivity index (χ2n) is 16.1. The molecule has 4 heterocycles. The molecule has 1 aromatic carbocycles. The summed E-state index contributed by atoms with van der Waals surface area (Å²) in [5.74, 6) is 1.03. The molecule has 2 unspecified atom stereocenters. The Morgan fingerprint density at radius 1 is 1.02 bits per heavy atom. The highest BCUT2D eigenvalue weighted by Crippen LogP contribution is 2.55. The van der Waals surface area contributed by atoms with E-state index < -0.39 is 16.1 Å². The number of aromatic amines is 1. The van der Waals surface area contributed by atoms with Gasteiger partial charge in [-0.3, -0.25) is 9.59 Å². The zero-order valence-electron chi connectivity index (χ0n) is 31.2. The third-order valence-corrected chi connectivity index (χ3v) is 13.7. The van der Waals surface area contributed by atoms with Crippen LogP contribution >= 0.6 is 0 Å². The fourth-order valence-corrected chi connectivity index (χ4v) is 10.4. The number of amides is 2. The summed E-state index contributed by atoms with van der Waals surface area (Å²) in [6, 6.07) is 6.65. The first kappa shape index (κ1) is 36.0. The number of hydrogen-bond acceptors (Lipinski definition) is 6. The Balaban J connectivity index is 1.40. The molecule has 3 aromatic rings. The van der Waals surface area contributed by atoms with Crippen molar-refractivity contribution in [1.82, 2.24) is 23.5 Å². The van der Waals surface area contributed by atoms with Gasteiger partial charge in [-0.1, -0.05) is 39.2 Å². The molecule has 0 spiro atoms. The zero-order chi connectivity index (χ0) is 36.4. The average molecular weight is 722 g/mol. The maximum absolute atomic E-state index is 14.6. The van der Waals surface area contributed by atoms with Crippen molar-refractivity contribution in [3.63, 3.8) is 0 Å². The van der Waals surface area contributed by atoms with Crippen molar-refractivity contribution in [2.75, 3.05) is 34.3 Å². The highest BCUT2D eigenvalue weighted by Gasteiger charge is 2.48. The van der Waals surface area contributed by atoms with Gasteiger partial charge in [0.25, 0.3) is 5.91 Å². The van der Waals surface area contributed by atoms with Gasteiger partial charge in [-0.2, -0.15) is 12.7 Å². The van der Waals surface area contributed by atoms with E-state index in [2.05, 4.69) is 46.3 Å². The molecule has 2 aromatic heterocycles. The minimum Gasteiger partial charge on any atom is -0.496 e. The van der Waals surface area contributed by atoms with Crippen molar-refractivity contribution in [3.8, 4) is 5.75 Å². The molecule has 2 aliphatic carbocycles. The van der Waals surface area contributed by atoms with E-state index in [0.717, 1.165) is 51.3 Å². The molecule has 11 nitrogen and oxygen atoms in total. The van der Waals surface area contributed by atoms with Crippen molar-refractivity contribution < 1.29 is 27.5 Å². The summed E-state index contributed by atoms with van der Waals surface area (Å²) in [4.78, 5) is 33.6. The topological polar surface area (TPSA) is 126 Å². The number of ether oxygens (including phenoxy) is 2. The maximum Gasteiger partial charge on any atom is 0.303 e. The third kappa shape index (κ3) is 6.50. The van der Waals surface area contributed by atoms with Gasteiger partial charge in [-0.05, 0) is 86.5 Å². The Kier molecular flexibility index (Phi) is 9.81. The molecule has 278 valence electrons. The number of nitrogens with zero attached hydrogens (tertiary/aromatic N) is 3. The largest absolute Gasteiger partial charge is 0.496 e. The first-order chi connectivity index (χ1) is 24.3. The lowest BCUT2D eigenvalue weighted by Gasteiger charge is -2.45. The van der Waals surface area contributed by atoms with Crippen LogP contribution in [-0.4, -0.2) is 85.5 Å². The lowest BCUT2D eigenvalue weighted by molar-refractivity contribution is -0.151. The summed E-state index contributed by atoms with van der Waals surface area (Å²) in [6.07, 6.45) is 9.26. The van der Waals surface area contributed by atoms with Gasteiger partial charge >= 0.3 is 10.2 Å². The molecule has 1 saturated heterocycles. The molecule has 7 rings (SSSR count). The van der Waals surface area contributed by atoms with E-state index in [4.69, 9.17) is 9.47 Å². The number of methoxy groups -OCH3 is 1. The Morgan fingerprint density at radius 2 is 1.73 bits per heavy atom. The molecule has 2 amide bonds. The predicted octanol–water partition coefficient (Wildman–Crippen LogP) is 6.11. The van der Waals surface area contributed by atoms with E-state index in [-0.39, 0.29) is 53.4 Å². The maximum atomic E-state index is 14.6. The van der Waals surface area contributed by atoms with Crippen molar-refractivity contribution in [2.24, 2.45) is 17.8 Å². The minimum absolute atomic E-state index is 0.0238. The van der Waals surface area contributed by atoms with Gasteiger partial charge in [0.1, 0.15) is 11.4 Å². The molecule has 3 fully saturated rings. The monoisotopic (exact) mass is 721 g/mol. The summed E-state index contributed by atoms with van der Waals surface area (Å²) in [6.45, 7) is 10.1. The van der Waals surface area contributed by atoms with Gasteiger partial charge in [0.05, 0.1) is 31.4 Å². The van der Waals surface area contributed by atoms with E-state index in [1.54, 1.807) is 7.11 Å². The van der Waals surface area contributed by atoms with Gasteiger partial charge < -0.3 is 23.9 Å². The number of morpholine rings is 1. The van der Waals surface area contributed by atoms with Crippen LogP contribution in [0.3, 0.4) is 0 Å². The fourth-order valence-electron chi connectivity index (χ4n) is 9.91. The van der Waals surface area contributed by atoms with Crippen molar-refractivity contribution in [2.45, 2.75) is 109 Å². The normalized spacial score (nSPS) is 27.2. The van der Waals surface area contributed by atoms with Crippen molar-refractivity contribution in [3.05, 3.63) is 52.5 Å². The Hall–Kier alpha value is -3.35. The van der Waals surface area contributed by atoms with E-state index in [1.165, 1.54) is 44.6 Å². The standard InChI is InChI=1S/C39H55N5O6S/c1-22(2)27-15-29-28(16-30(27)39(46)43-19-23(3)50-24(4)20-43)32-18-40-36(38(45)41-51(47,48)42(5)6)33(32)21-44-34(29)17-31-35(49-7)14-13-26(37(31)44)25-11-9-8-10-12-25/h13-14,17-18,22-25,27-30,40H,8-12,15-16,19-21H2,1-7H3,(H,41,45)/t23-,24+,27?,28?,29-,30-/m1/s1. The number of nitrogens with one attached hydrogen (secondary N) is 2. The Labute approximate surface area is 302 Å². The Morgan fingerprint density at radius 3 is 2.37 bits per heavy atom. The first-order valence-corrected chi connectivity index (χ1v) is 20.3. The molecule has 0 bridgehead atoms. The van der Waals surface area contributed by atoms with Gasteiger partial charge in [-0.15, -0.1) is 0 Å². The number of hydrogen-bond donors (Lipinski definition) is 2. The summed E-state index contributed by atoms with van der Waals surface area (Å²) >= 11 is 0. The lowest BCUT2D eigenvalue weighted by atomic mass is 9.62. The molecule has 12 heteroatoms. The smallest absolute Gasteiger partial charge is 0.303 e. The highest BCUT2D eigenvalue weighted by atomic mass is 32.2. The summed E-state index contributed by atoms with van der Waals surface area (Å²) in [7, 11) is 0.488. The van der Waals surface area contributed by atoms with Crippen molar-refractivity contribution >= 4 is 32.9 Å². The second kappa shape index (κ2) is 13.9. The number of carbonyl (C=O) groups excluding carboxylic acids is 2. The van der Waals surface area contributed by atoms with Gasteiger partial charge in [0.15, 0.2) is 0 Å². The predicted molar refractivity (Wildman–Crippen MR) is 197 cm³/mol. The SMILES string of the molecule is COc1ccc(C2CCCCC2)c2c1cc1n2Cc2c(c[nH]c2C(=O)NS(=O)(=O)N(C)C)C2C[C@@H](C(=O)N3C[C@@H](C)O[C@@H](C)C3)C(C(C)C)C[C@@H]12. The van der Waals surface area contributed by atoms with Crippen LogP contribution in [0.1, 0.15) is 123 Å². The lowest BCUT2D eigenvalue weighted by Crippen LogP contribution is -2.52. The fraction of sp³-hybridized carbons (Fsp3) is 0.641. The van der Waals surface area contributed by atoms with Crippen LogP contribution in [0, 0.1) is 17.8 Å². The molecule has 51 heavy (non-hydrogen) atoms. The van der Waals surface area contributed by atoms with Crippen molar-refractivity contribution in [1.29, 1.82) is 0 Å². The molecular formula is C39H55N5O6S. The number of benzene rings is 1. The summed E-state index contributed by atoms with van der Waals surface area (Å²) in [5, 5.41) is 1.07. The van der Waals surface area contributed by atoms with Crippen LogP contribution in [0.15, 0.2) is 24.4 Å². The number of H-pyrrole nitrogens is 1.